The minimum atomic E-state index is -3.48. The highest BCUT2D eigenvalue weighted by Gasteiger charge is 2.44. The number of β-amino-alcohol motifs (C(OH)–C–C–N with tert-alkyl or cyclic N) is 1. The molecule has 0 radical (unpaired) electrons. The lowest BCUT2D eigenvalue weighted by molar-refractivity contribution is -0.0426. The minimum Gasteiger partial charge on any atom is -0.493 e. The van der Waals surface area contributed by atoms with Gasteiger partial charge in [-0.3, -0.25) is 0 Å². The van der Waals surface area contributed by atoms with Crippen molar-refractivity contribution in [3.05, 3.63) is 23.8 Å². The van der Waals surface area contributed by atoms with Gasteiger partial charge in [-0.1, -0.05) is 0 Å². The first kappa shape index (κ1) is 12.0. The molecule has 0 spiro atoms. The lowest BCUT2D eigenvalue weighted by Gasteiger charge is -2.42. The first-order chi connectivity index (χ1) is 8.38. The molecule has 1 fully saturated rings. The smallest absolute Gasteiger partial charge is 0.243 e. The third-order valence-corrected chi connectivity index (χ3v) is 5.12. The standard InChI is InChI=1S/C12H15NO4S/c1-12(14)7-13(8-12)18(15,16)10-2-3-11-9(6-10)4-5-17-11/h2-3,6,14H,4-5,7-8H2,1H3. The fourth-order valence-corrected chi connectivity index (χ4v) is 4.08. The summed E-state index contributed by atoms with van der Waals surface area (Å²) in [6.07, 6.45) is 0.746. The molecule has 3 rings (SSSR count). The van der Waals surface area contributed by atoms with Gasteiger partial charge in [0.1, 0.15) is 5.75 Å². The van der Waals surface area contributed by atoms with Gasteiger partial charge in [0.05, 0.1) is 17.1 Å². The van der Waals surface area contributed by atoms with Crippen molar-refractivity contribution < 1.29 is 18.3 Å². The van der Waals surface area contributed by atoms with Gasteiger partial charge < -0.3 is 9.84 Å². The average Bonchev–Trinajstić information content (AvgIpc) is 2.72. The monoisotopic (exact) mass is 269 g/mol. The van der Waals surface area contributed by atoms with Crippen LogP contribution in [-0.4, -0.2) is 43.1 Å². The van der Waals surface area contributed by atoms with E-state index in [2.05, 4.69) is 0 Å². The molecule has 0 aromatic heterocycles. The van der Waals surface area contributed by atoms with Crippen molar-refractivity contribution in [2.45, 2.75) is 23.8 Å². The highest BCUT2D eigenvalue weighted by molar-refractivity contribution is 7.89. The van der Waals surface area contributed by atoms with Gasteiger partial charge >= 0.3 is 0 Å². The van der Waals surface area contributed by atoms with Crippen molar-refractivity contribution in [1.29, 1.82) is 0 Å². The molecule has 0 amide bonds. The summed E-state index contributed by atoms with van der Waals surface area (Å²) in [6.45, 7) is 2.55. The second kappa shape index (κ2) is 3.69. The van der Waals surface area contributed by atoms with E-state index < -0.39 is 15.6 Å². The molecule has 0 atom stereocenters. The average molecular weight is 269 g/mol. The summed E-state index contributed by atoms with van der Waals surface area (Å²) in [6, 6.07) is 4.93. The molecule has 1 aromatic rings. The second-order valence-corrected chi connectivity index (χ2v) is 7.08. The normalized spacial score (nSPS) is 22.1. The molecule has 6 heteroatoms. The number of rotatable bonds is 2. The van der Waals surface area contributed by atoms with Crippen LogP contribution >= 0.6 is 0 Å². The third-order valence-electron chi connectivity index (χ3n) is 3.33. The SMILES string of the molecule is CC1(O)CN(S(=O)(=O)c2ccc3c(c2)CCO3)C1. The Kier molecular flexibility index (Phi) is 2.45. The Bertz CT molecular complexity index is 586. The molecular formula is C12H15NO4S. The number of ether oxygens (including phenoxy) is 1. The Morgan fingerprint density at radius 2 is 2.11 bits per heavy atom. The summed E-state index contributed by atoms with van der Waals surface area (Å²) in [4.78, 5) is 0.280. The maximum absolute atomic E-state index is 12.3. The van der Waals surface area contributed by atoms with E-state index in [0.29, 0.717) is 6.61 Å². The zero-order valence-electron chi connectivity index (χ0n) is 10.1. The van der Waals surface area contributed by atoms with Crippen molar-refractivity contribution in [2.75, 3.05) is 19.7 Å². The lowest BCUT2D eigenvalue weighted by atomic mass is 10.0. The Morgan fingerprint density at radius 3 is 2.78 bits per heavy atom. The summed E-state index contributed by atoms with van der Waals surface area (Å²) in [5, 5.41) is 9.62. The van der Waals surface area contributed by atoms with Crippen LogP contribution in [0.3, 0.4) is 0 Å². The van der Waals surface area contributed by atoms with E-state index in [-0.39, 0.29) is 18.0 Å². The maximum atomic E-state index is 12.3. The molecule has 2 heterocycles. The fraction of sp³-hybridized carbons (Fsp3) is 0.500. The number of hydrogen-bond donors (Lipinski definition) is 1. The van der Waals surface area contributed by atoms with Crippen LogP contribution in [0.4, 0.5) is 0 Å². The van der Waals surface area contributed by atoms with Gasteiger partial charge in [0.2, 0.25) is 10.0 Å². The van der Waals surface area contributed by atoms with Gasteiger partial charge in [0, 0.05) is 19.5 Å². The van der Waals surface area contributed by atoms with Crippen LogP contribution in [0.5, 0.6) is 5.75 Å². The first-order valence-corrected chi connectivity index (χ1v) is 7.31. The number of benzene rings is 1. The van der Waals surface area contributed by atoms with Crippen molar-refractivity contribution in [1.82, 2.24) is 4.31 Å². The van der Waals surface area contributed by atoms with E-state index in [1.807, 2.05) is 0 Å². The van der Waals surface area contributed by atoms with Crippen molar-refractivity contribution >= 4 is 10.0 Å². The Morgan fingerprint density at radius 1 is 1.39 bits per heavy atom. The van der Waals surface area contributed by atoms with Gasteiger partial charge in [-0.25, -0.2) is 8.42 Å². The molecule has 1 aromatic carbocycles. The number of sulfonamides is 1. The lowest BCUT2D eigenvalue weighted by Crippen LogP contribution is -2.61. The predicted molar refractivity (Wildman–Crippen MR) is 65.0 cm³/mol. The quantitative estimate of drug-likeness (QED) is 0.842. The second-order valence-electron chi connectivity index (χ2n) is 5.14. The summed E-state index contributed by atoms with van der Waals surface area (Å²) in [5.41, 5.74) is 0.0377. The van der Waals surface area contributed by atoms with Crippen LogP contribution in [-0.2, 0) is 16.4 Å². The highest BCUT2D eigenvalue weighted by Crippen LogP contribution is 2.32. The fourth-order valence-electron chi connectivity index (χ4n) is 2.36. The number of aliphatic hydroxyl groups is 1. The molecule has 2 aliphatic heterocycles. The van der Waals surface area contributed by atoms with Crippen LogP contribution in [0, 0.1) is 0 Å². The molecule has 0 saturated carbocycles. The van der Waals surface area contributed by atoms with Gasteiger partial charge in [-0.15, -0.1) is 0 Å². The van der Waals surface area contributed by atoms with Crippen molar-refractivity contribution in [3.63, 3.8) is 0 Å². The molecule has 0 unspecified atom stereocenters. The molecule has 0 aliphatic carbocycles. The van der Waals surface area contributed by atoms with E-state index in [1.54, 1.807) is 25.1 Å². The summed E-state index contributed by atoms with van der Waals surface area (Å²) < 4.78 is 31.2. The van der Waals surface area contributed by atoms with Crippen LogP contribution in [0.1, 0.15) is 12.5 Å². The van der Waals surface area contributed by atoms with Gasteiger partial charge in [-0.2, -0.15) is 4.31 Å². The summed E-state index contributed by atoms with van der Waals surface area (Å²) in [5.74, 6) is 0.768. The Hall–Kier alpha value is -1.11. The largest absolute Gasteiger partial charge is 0.493 e. The van der Waals surface area contributed by atoms with Gasteiger partial charge in [0.25, 0.3) is 0 Å². The molecule has 5 nitrogen and oxygen atoms in total. The zero-order valence-corrected chi connectivity index (χ0v) is 10.9. The Labute approximate surface area is 106 Å². The molecule has 1 N–H and O–H groups in total. The van der Waals surface area contributed by atoms with Gasteiger partial charge in [-0.05, 0) is 30.7 Å². The predicted octanol–water partition coefficient (Wildman–Crippen LogP) is 0.377. The van der Waals surface area contributed by atoms with E-state index in [4.69, 9.17) is 4.74 Å². The first-order valence-electron chi connectivity index (χ1n) is 5.87. The molecule has 2 aliphatic rings. The molecule has 18 heavy (non-hydrogen) atoms. The molecule has 0 bridgehead atoms. The number of fused-ring (bicyclic) bond motifs is 1. The minimum absolute atomic E-state index is 0.156. The van der Waals surface area contributed by atoms with Crippen molar-refractivity contribution in [3.8, 4) is 5.75 Å². The topological polar surface area (TPSA) is 66.8 Å². The van der Waals surface area contributed by atoms with Crippen LogP contribution in [0.15, 0.2) is 23.1 Å². The summed E-state index contributed by atoms with van der Waals surface area (Å²) in [7, 11) is -3.48. The number of hydrogen-bond acceptors (Lipinski definition) is 4. The number of nitrogens with zero attached hydrogens (tertiary/aromatic N) is 1. The molecular weight excluding hydrogens is 254 g/mol. The van der Waals surface area contributed by atoms with E-state index >= 15 is 0 Å². The van der Waals surface area contributed by atoms with E-state index in [9.17, 15) is 13.5 Å². The van der Waals surface area contributed by atoms with Crippen LogP contribution in [0.25, 0.3) is 0 Å². The molecule has 98 valence electrons. The summed E-state index contributed by atoms with van der Waals surface area (Å²) >= 11 is 0. The molecule has 1 saturated heterocycles. The zero-order chi connectivity index (χ0) is 13.0. The van der Waals surface area contributed by atoms with Crippen molar-refractivity contribution in [2.24, 2.45) is 0 Å². The van der Waals surface area contributed by atoms with Crippen LogP contribution in [0.2, 0.25) is 0 Å². The third kappa shape index (κ3) is 1.81. The van der Waals surface area contributed by atoms with Gasteiger partial charge in [0.15, 0.2) is 0 Å². The van der Waals surface area contributed by atoms with E-state index in [1.165, 1.54) is 4.31 Å². The highest BCUT2D eigenvalue weighted by atomic mass is 32.2. The Balaban J connectivity index is 1.91. The van der Waals surface area contributed by atoms with Crippen LogP contribution < -0.4 is 4.74 Å². The maximum Gasteiger partial charge on any atom is 0.243 e. The van der Waals surface area contributed by atoms with E-state index in [0.717, 1.165) is 17.7 Å².